The lowest BCUT2D eigenvalue weighted by atomic mass is 10.2. The molecule has 0 fully saturated rings. The zero-order valence-electron chi connectivity index (χ0n) is 9.23. The minimum absolute atomic E-state index is 0.227. The monoisotopic (exact) mass is 233 g/mol. The molecule has 0 aliphatic rings. The maximum Gasteiger partial charge on any atom is 0.396 e. The number of esters is 1. The summed E-state index contributed by atoms with van der Waals surface area (Å²) in [4.78, 5) is 22.1. The standard InChI is InChI=1S/C12H11NO4/c1-16-12(15)11(14)13-6-8-7-17-10-5-3-2-4-9(8)10/h2-5,7H,6H2,1H3,(H,13,14). The van der Waals surface area contributed by atoms with Crippen molar-refractivity contribution in [1.29, 1.82) is 0 Å². The number of fused-ring (bicyclic) bond motifs is 1. The first-order valence-electron chi connectivity index (χ1n) is 5.03. The fourth-order valence-corrected chi connectivity index (χ4v) is 1.51. The van der Waals surface area contributed by atoms with Crippen LogP contribution in [0, 0.1) is 0 Å². The Morgan fingerprint density at radius 1 is 1.35 bits per heavy atom. The lowest BCUT2D eigenvalue weighted by Crippen LogP contribution is -2.31. The van der Waals surface area contributed by atoms with E-state index in [1.54, 1.807) is 6.26 Å². The van der Waals surface area contributed by atoms with Crippen LogP contribution >= 0.6 is 0 Å². The average molecular weight is 233 g/mol. The molecule has 0 bridgehead atoms. The molecule has 1 heterocycles. The maximum atomic E-state index is 11.2. The zero-order valence-corrected chi connectivity index (χ0v) is 9.23. The molecule has 88 valence electrons. The van der Waals surface area contributed by atoms with E-state index in [-0.39, 0.29) is 6.54 Å². The second-order valence-corrected chi connectivity index (χ2v) is 3.43. The van der Waals surface area contributed by atoms with Crippen molar-refractivity contribution in [3.8, 4) is 0 Å². The van der Waals surface area contributed by atoms with Gasteiger partial charge in [0.2, 0.25) is 0 Å². The third-order valence-corrected chi connectivity index (χ3v) is 2.37. The molecule has 5 nitrogen and oxygen atoms in total. The highest BCUT2D eigenvalue weighted by atomic mass is 16.5. The van der Waals surface area contributed by atoms with Gasteiger partial charge in [-0.15, -0.1) is 0 Å². The first-order valence-corrected chi connectivity index (χ1v) is 5.03. The number of nitrogens with one attached hydrogen (secondary N) is 1. The molecule has 0 unspecified atom stereocenters. The van der Waals surface area contributed by atoms with Gasteiger partial charge in [-0.2, -0.15) is 0 Å². The van der Waals surface area contributed by atoms with E-state index in [0.29, 0.717) is 0 Å². The van der Waals surface area contributed by atoms with Crippen LogP contribution in [0.25, 0.3) is 11.0 Å². The Hall–Kier alpha value is -2.30. The highest BCUT2D eigenvalue weighted by molar-refractivity contribution is 6.32. The molecule has 0 aliphatic heterocycles. The summed E-state index contributed by atoms with van der Waals surface area (Å²) in [7, 11) is 1.16. The quantitative estimate of drug-likeness (QED) is 0.625. The first kappa shape index (κ1) is 11.2. The molecule has 1 aromatic carbocycles. The summed E-state index contributed by atoms with van der Waals surface area (Å²) in [5.41, 5.74) is 1.56. The molecular weight excluding hydrogens is 222 g/mol. The fraction of sp³-hybridized carbons (Fsp3) is 0.167. The van der Waals surface area contributed by atoms with E-state index in [1.807, 2.05) is 24.3 Å². The Morgan fingerprint density at radius 3 is 2.88 bits per heavy atom. The highest BCUT2D eigenvalue weighted by Gasteiger charge is 2.14. The van der Waals surface area contributed by atoms with E-state index in [2.05, 4.69) is 10.1 Å². The predicted octanol–water partition coefficient (Wildman–Crippen LogP) is 1.22. The van der Waals surface area contributed by atoms with Crippen molar-refractivity contribution in [2.45, 2.75) is 6.54 Å². The van der Waals surface area contributed by atoms with E-state index in [4.69, 9.17) is 4.42 Å². The molecule has 2 aromatic rings. The number of ether oxygens (including phenoxy) is 1. The molecule has 1 aromatic heterocycles. The van der Waals surface area contributed by atoms with Gasteiger partial charge in [-0.25, -0.2) is 4.79 Å². The van der Waals surface area contributed by atoms with Crippen LogP contribution in [-0.2, 0) is 20.9 Å². The van der Waals surface area contributed by atoms with Gasteiger partial charge in [-0.1, -0.05) is 18.2 Å². The first-order chi connectivity index (χ1) is 8.22. The number of benzene rings is 1. The van der Waals surface area contributed by atoms with Gasteiger partial charge in [0.15, 0.2) is 0 Å². The molecule has 5 heteroatoms. The Bertz CT molecular complexity index is 558. The zero-order chi connectivity index (χ0) is 12.3. The number of methoxy groups -OCH3 is 1. The smallest absolute Gasteiger partial charge is 0.396 e. The third-order valence-electron chi connectivity index (χ3n) is 2.37. The average Bonchev–Trinajstić information content (AvgIpc) is 2.78. The molecule has 2 rings (SSSR count). The van der Waals surface area contributed by atoms with Crippen LogP contribution in [0.5, 0.6) is 0 Å². The summed E-state index contributed by atoms with van der Waals surface area (Å²) in [6.45, 7) is 0.227. The topological polar surface area (TPSA) is 68.5 Å². The maximum absolute atomic E-state index is 11.2. The van der Waals surface area contributed by atoms with Gasteiger partial charge in [0.25, 0.3) is 0 Å². The number of amides is 1. The Balaban J connectivity index is 2.09. The van der Waals surface area contributed by atoms with Crippen LogP contribution in [0.1, 0.15) is 5.56 Å². The molecular formula is C12H11NO4. The fourth-order valence-electron chi connectivity index (χ4n) is 1.51. The van der Waals surface area contributed by atoms with Crippen LogP contribution in [0.3, 0.4) is 0 Å². The van der Waals surface area contributed by atoms with Gasteiger partial charge in [-0.05, 0) is 6.07 Å². The number of carbonyl (C=O) groups excluding carboxylic acids is 2. The number of furan rings is 1. The number of para-hydroxylation sites is 1. The van der Waals surface area contributed by atoms with Crippen molar-refractivity contribution in [2.75, 3.05) is 7.11 Å². The molecule has 0 saturated heterocycles. The molecule has 0 atom stereocenters. The second kappa shape index (κ2) is 4.69. The van der Waals surface area contributed by atoms with E-state index < -0.39 is 11.9 Å². The second-order valence-electron chi connectivity index (χ2n) is 3.43. The van der Waals surface area contributed by atoms with Crippen molar-refractivity contribution >= 4 is 22.8 Å². The van der Waals surface area contributed by atoms with E-state index in [1.165, 1.54) is 0 Å². The van der Waals surface area contributed by atoms with Crippen molar-refractivity contribution in [3.63, 3.8) is 0 Å². The summed E-state index contributed by atoms with van der Waals surface area (Å²) in [5.74, 6) is -1.67. The van der Waals surface area contributed by atoms with Crippen LogP contribution in [0.2, 0.25) is 0 Å². The molecule has 0 aliphatic carbocycles. The lowest BCUT2D eigenvalue weighted by molar-refractivity contribution is -0.152. The van der Waals surface area contributed by atoms with Crippen molar-refractivity contribution in [3.05, 3.63) is 36.1 Å². The van der Waals surface area contributed by atoms with Crippen LogP contribution < -0.4 is 5.32 Å². The van der Waals surface area contributed by atoms with Crippen molar-refractivity contribution < 1.29 is 18.7 Å². The van der Waals surface area contributed by atoms with Gasteiger partial charge in [0.1, 0.15) is 5.58 Å². The summed E-state index contributed by atoms with van der Waals surface area (Å²) >= 11 is 0. The Labute approximate surface area is 97.4 Å². The largest absolute Gasteiger partial charge is 0.464 e. The predicted molar refractivity (Wildman–Crippen MR) is 60.1 cm³/mol. The summed E-state index contributed by atoms with van der Waals surface area (Å²) in [6, 6.07) is 7.46. The summed E-state index contributed by atoms with van der Waals surface area (Å²) in [5, 5.41) is 3.37. The summed E-state index contributed by atoms with van der Waals surface area (Å²) in [6.07, 6.45) is 1.56. The van der Waals surface area contributed by atoms with E-state index in [0.717, 1.165) is 23.6 Å². The molecule has 0 spiro atoms. The van der Waals surface area contributed by atoms with Crippen LogP contribution in [0.4, 0.5) is 0 Å². The van der Waals surface area contributed by atoms with Crippen LogP contribution in [0.15, 0.2) is 34.9 Å². The SMILES string of the molecule is COC(=O)C(=O)NCc1coc2ccccc12. The number of rotatable bonds is 2. The number of carbonyl (C=O) groups is 2. The van der Waals surface area contributed by atoms with E-state index >= 15 is 0 Å². The Kier molecular flexibility index (Phi) is 3.09. The normalized spacial score (nSPS) is 10.2. The van der Waals surface area contributed by atoms with Crippen molar-refractivity contribution in [2.24, 2.45) is 0 Å². The highest BCUT2D eigenvalue weighted by Crippen LogP contribution is 2.20. The van der Waals surface area contributed by atoms with Gasteiger partial charge in [0.05, 0.1) is 13.4 Å². The van der Waals surface area contributed by atoms with Gasteiger partial charge >= 0.3 is 11.9 Å². The van der Waals surface area contributed by atoms with Gasteiger partial charge in [-0.3, -0.25) is 4.79 Å². The molecule has 17 heavy (non-hydrogen) atoms. The minimum Gasteiger partial charge on any atom is -0.464 e. The third kappa shape index (κ3) is 2.28. The molecule has 1 amide bonds. The van der Waals surface area contributed by atoms with Gasteiger partial charge in [0, 0.05) is 17.5 Å². The molecule has 0 radical (unpaired) electrons. The van der Waals surface area contributed by atoms with Crippen molar-refractivity contribution in [1.82, 2.24) is 5.32 Å². The number of hydrogen-bond acceptors (Lipinski definition) is 4. The molecule has 0 saturated carbocycles. The lowest BCUT2D eigenvalue weighted by Gasteiger charge is -2.01. The number of hydrogen-bond donors (Lipinski definition) is 1. The Morgan fingerprint density at radius 2 is 2.12 bits per heavy atom. The summed E-state index contributed by atoms with van der Waals surface area (Å²) < 4.78 is 9.60. The van der Waals surface area contributed by atoms with Crippen LogP contribution in [-0.4, -0.2) is 19.0 Å². The van der Waals surface area contributed by atoms with E-state index in [9.17, 15) is 9.59 Å². The molecule has 1 N–H and O–H groups in total. The van der Waals surface area contributed by atoms with Gasteiger partial charge < -0.3 is 14.5 Å². The minimum atomic E-state index is -0.905.